The Bertz CT molecular complexity index is 268. The highest BCUT2D eigenvalue weighted by molar-refractivity contribution is 6.26. The molecule has 0 amide bonds. The molecule has 22 heavy (non-hydrogen) atoms. The van der Waals surface area contributed by atoms with Crippen LogP contribution in [0.2, 0.25) is 0 Å². The predicted octanol–water partition coefficient (Wildman–Crippen LogP) is 3.22. The predicted molar refractivity (Wildman–Crippen MR) is 88.2 cm³/mol. The summed E-state index contributed by atoms with van der Waals surface area (Å²) >= 11 is -1.02. The molecule has 2 atom stereocenters. The van der Waals surface area contributed by atoms with Crippen LogP contribution in [0.1, 0.15) is 79.1 Å². The van der Waals surface area contributed by atoms with Crippen LogP contribution in [0.5, 0.6) is 0 Å². The highest BCUT2D eigenvalue weighted by Gasteiger charge is 2.23. The van der Waals surface area contributed by atoms with Crippen LogP contribution in [0.25, 0.3) is 0 Å². The summed E-state index contributed by atoms with van der Waals surface area (Å²) in [4.78, 5) is 23.8. The van der Waals surface area contributed by atoms with Crippen molar-refractivity contribution in [3.05, 3.63) is 0 Å². The van der Waals surface area contributed by atoms with Crippen LogP contribution in [0, 0.1) is 11.8 Å². The third kappa shape index (κ3) is 10.2. The molecule has 0 aromatic heterocycles. The molecule has 5 nitrogen and oxygen atoms in total. The van der Waals surface area contributed by atoms with E-state index in [-0.39, 0.29) is 29.3 Å². The zero-order valence-electron chi connectivity index (χ0n) is 14.5. The molecule has 0 aliphatic heterocycles. The lowest BCUT2D eigenvalue weighted by molar-refractivity contribution is -0.144. The summed E-state index contributed by atoms with van der Waals surface area (Å²) in [7, 11) is 0. The number of hydrogen-bond acceptors (Lipinski definition) is 4. The Morgan fingerprint density at radius 1 is 0.818 bits per heavy atom. The highest BCUT2D eigenvalue weighted by atomic mass is 27.2. The van der Waals surface area contributed by atoms with Crippen LogP contribution >= 0.6 is 0 Å². The second-order valence-electron chi connectivity index (χ2n) is 5.46. The molecule has 129 valence electrons. The van der Waals surface area contributed by atoms with Crippen LogP contribution in [0.4, 0.5) is 0 Å². The van der Waals surface area contributed by atoms with E-state index in [0.717, 1.165) is 51.4 Å². The second kappa shape index (κ2) is 15.3. The standard InChI is InChI=1S/2C8H16O2.Al.H2O/c2*1-3-5-6-7(4-2)8(9)10;;/h2*7H,3-6H2,1-2H3,(H,9,10);;1H2/q;;+2;/p-2. The summed E-state index contributed by atoms with van der Waals surface area (Å²) in [5, 5.41) is 0. The number of hydrogen-bond donors (Lipinski definition) is 0. The minimum absolute atomic E-state index is 0. The van der Waals surface area contributed by atoms with E-state index in [1.807, 2.05) is 13.8 Å². The molecule has 0 saturated heterocycles. The SMILES string of the molecule is CCCCC(CC)C(=O)[O][Al][O]C(=O)C(CC)CCCC.O. The maximum Gasteiger partial charge on any atom is 0.885 e. The Hall–Kier alpha value is -0.568. The molecule has 6 heteroatoms. The second-order valence-corrected chi connectivity index (χ2v) is 6.13. The monoisotopic (exact) mass is 331 g/mol. The molecule has 0 spiro atoms. The third-order valence-electron chi connectivity index (χ3n) is 3.79. The van der Waals surface area contributed by atoms with Crippen molar-refractivity contribution in [3.63, 3.8) is 0 Å². The lowest BCUT2D eigenvalue weighted by Crippen LogP contribution is -2.25. The first kappa shape index (κ1) is 23.7. The van der Waals surface area contributed by atoms with Crippen molar-refractivity contribution in [2.24, 2.45) is 11.8 Å². The first-order valence-corrected chi connectivity index (χ1v) is 9.27. The zero-order chi connectivity index (χ0) is 16.1. The molecule has 0 aliphatic rings. The molecule has 1 radical (unpaired) electrons. The molecule has 0 heterocycles. The molecule has 0 bridgehead atoms. The summed E-state index contributed by atoms with van der Waals surface area (Å²) in [5.41, 5.74) is 0. The fourth-order valence-electron chi connectivity index (χ4n) is 2.19. The van der Waals surface area contributed by atoms with Crippen molar-refractivity contribution in [1.29, 1.82) is 0 Å². The van der Waals surface area contributed by atoms with Crippen molar-refractivity contribution in [1.82, 2.24) is 0 Å². The van der Waals surface area contributed by atoms with E-state index in [0.29, 0.717) is 0 Å². The molecule has 0 saturated carbocycles. The number of carbonyl (C=O) groups excluding carboxylic acids is 2. The Balaban J connectivity index is 0. The summed E-state index contributed by atoms with van der Waals surface area (Å²) in [6.07, 6.45) is 7.46. The lowest BCUT2D eigenvalue weighted by Gasteiger charge is -2.16. The number of carbonyl (C=O) groups is 2. The Kier molecular flexibility index (Phi) is 16.5. The summed E-state index contributed by atoms with van der Waals surface area (Å²) in [5.74, 6) is -0.540. The van der Waals surface area contributed by atoms with E-state index in [1.54, 1.807) is 0 Å². The van der Waals surface area contributed by atoms with Gasteiger partial charge >= 0.3 is 15.9 Å². The average molecular weight is 331 g/mol. The summed E-state index contributed by atoms with van der Waals surface area (Å²) in [6, 6.07) is 0. The molecular weight excluding hydrogens is 299 g/mol. The largest absolute Gasteiger partial charge is 0.885 e. The minimum atomic E-state index is -1.02. The van der Waals surface area contributed by atoms with Crippen molar-refractivity contribution >= 4 is 27.8 Å². The number of rotatable bonds is 12. The number of unbranched alkanes of at least 4 members (excludes halogenated alkanes) is 2. The van der Waals surface area contributed by atoms with Gasteiger partial charge in [0.2, 0.25) is 0 Å². The van der Waals surface area contributed by atoms with Gasteiger partial charge in [0.1, 0.15) is 0 Å². The fraction of sp³-hybridized carbons (Fsp3) is 0.875. The molecule has 0 fully saturated rings. The molecular formula is C16H32AlO5. The Morgan fingerprint density at radius 3 is 1.45 bits per heavy atom. The van der Waals surface area contributed by atoms with Gasteiger partial charge in [-0.3, -0.25) is 9.59 Å². The molecule has 0 aromatic carbocycles. The third-order valence-corrected chi connectivity index (χ3v) is 4.45. The van der Waals surface area contributed by atoms with Gasteiger partial charge in [-0.2, -0.15) is 0 Å². The van der Waals surface area contributed by atoms with Gasteiger partial charge in [-0.15, -0.1) is 0 Å². The van der Waals surface area contributed by atoms with Gasteiger partial charge in [-0.05, 0) is 25.7 Å². The van der Waals surface area contributed by atoms with Crippen LogP contribution in [0.3, 0.4) is 0 Å². The van der Waals surface area contributed by atoms with Gasteiger partial charge in [0.25, 0.3) is 11.9 Å². The van der Waals surface area contributed by atoms with E-state index in [1.165, 1.54) is 0 Å². The molecule has 0 rings (SSSR count). The van der Waals surface area contributed by atoms with Crippen molar-refractivity contribution in [3.8, 4) is 0 Å². The van der Waals surface area contributed by atoms with Crippen molar-refractivity contribution < 1.29 is 22.6 Å². The van der Waals surface area contributed by atoms with Gasteiger partial charge < -0.3 is 13.1 Å². The maximum atomic E-state index is 11.9. The van der Waals surface area contributed by atoms with Gasteiger partial charge in [0.05, 0.1) is 11.8 Å². The van der Waals surface area contributed by atoms with E-state index >= 15 is 0 Å². The van der Waals surface area contributed by atoms with Crippen LogP contribution in [-0.4, -0.2) is 33.3 Å². The average Bonchev–Trinajstić information content (AvgIpc) is 2.48. The quantitative estimate of drug-likeness (QED) is 0.514. The zero-order valence-corrected chi connectivity index (χ0v) is 15.7. The molecule has 2 N–H and O–H groups in total. The van der Waals surface area contributed by atoms with E-state index in [4.69, 9.17) is 7.58 Å². The highest BCUT2D eigenvalue weighted by Crippen LogP contribution is 2.16. The van der Waals surface area contributed by atoms with Gasteiger partial charge in [-0.25, -0.2) is 0 Å². The van der Waals surface area contributed by atoms with Crippen LogP contribution in [0.15, 0.2) is 0 Å². The first-order valence-electron chi connectivity index (χ1n) is 8.33. The minimum Gasteiger partial charge on any atom is -0.589 e. The maximum absolute atomic E-state index is 11.9. The Morgan fingerprint density at radius 2 is 1.18 bits per heavy atom. The molecule has 0 aromatic rings. The van der Waals surface area contributed by atoms with Crippen molar-refractivity contribution in [2.75, 3.05) is 0 Å². The summed E-state index contributed by atoms with van der Waals surface area (Å²) < 4.78 is 10.3. The molecule has 0 aliphatic carbocycles. The van der Waals surface area contributed by atoms with Crippen molar-refractivity contribution in [2.45, 2.75) is 79.1 Å². The van der Waals surface area contributed by atoms with Gasteiger partial charge in [0, 0.05) is 0 Å². The van der Waals surface area contributed by atoms with E-state index in [9.17, 15) is 9.59 Å². The van der Waals surface area contributed by atoms with E-state index in [2.05, 4.69) is 13.8 Å². The lowest BCUT2D eigenvalue weighted by atomic mass is 10.00. The van der Waals surface area contributed by atoms with Gasteiger partial charge in [0.15, 0.2) is 0 Å². The fourth-order valence-corrected chi connectivity index (χ4v) is 2.81. The smallest absolute Gasteiger partial charge is 0.589 e. The topological polar surface area (TPSA) is 84.1 Å². The first-order chi connectivity index (χ1) is 10.1. The van der Waals surface area contributed by atoms with E-state index < -0.39 is 15.9 Å². The Labute approximate surface area is 141 Å². The summed E-state index contributed by atoms with van der Waals surface area (Å²) in [6.45, 7) is 8.18. The van der Waals surface area contributed by atoms with Crippen LogP contribution in [-0.2, 0) is 17.2 Å². The normalized spacial score (nSPS) is 12.7. The van der Waals surface area contributed by atoms with Gasteiger partial charge in [-0.1, -0.05) is 53.4 Å². The van der Waals surface area contributed by atoms with Crippen LogP contribution < -0.4 is 0 Å². The molecule has 2 unspecified atom stereocenters.